The topological polar surface area (TPSA) is 52.6 Å². The minimum absolute atomic E-state index is 0.106. The number of methoxy groups -OCH3 is 2. The van der Waals surface area contributed by atoms with Gasteiger partial charge in [-0.3, -0.25) is 0 Å². The molecule has 0 aromatic heterocycles. The molecule has 4 nitrogen and oxygen atoms in total. The molecule has 0 aliphatic heterocycles. The number of unbranched alkanes of at least 4 members (excludes halogenated alkanes) is 1. The summed E-state index contributed by atoms with van der Waals surface area (Å²) in [6, 6.07) is 12.1. The smallest absolute Gasteiger partial charge is 0.337 e. The predicted octanol–water partition coefficient (Wildman–Crippen LogP) is 6.42. The summed E-state index contributed by atoms with van der Waals surface area (Å²) in [6.45, 7) is 13.5. The average Bonchev–Trinajstić information content (AvgIpc) is 2.73. The highest BCUT2D eigenvalue weighted by molar-refractivity contribution is 5.95. The summed E-state index contributed by atoms with van der Waals surface area (Å²) in [5.74, 6) is -0.906. The molecule has 4 heteroatoms. The lowest BCUT2D eigenvalue weighted by Crippen LogP contribution is -2.17. The van der Waals surface area contributed by atoms with E-state index < -0.39 is 11.9 Å². The molecule has 0 heterocycles. The van der Waals surface area contributed by atoms with Gasteiger partial charge in [0.1, 0.15) is 0 Å². The van der Waals surface area contributed by atoms with Gasteiger partial charge < -0.3 is 9.47 Å². The summed E-state index contributed by atoms with van der Waals surface area (Å²) >= 11 is 0. The first-order valence-corrected chi connectivity index (χ1v) is 11.3. The van der Waals surface area contributed by atoms with Crippen molar-refractivity contribution in [2.24, 2.45) is 0 Å². The molecule has 0 aliphatic carbocycles. The Morgan fingerprint density at radius 1 is 0.625 bits per heavy atom. The fourth-order valence-corrected chi connectivity index (χ4v) is 3.67. The van der Waals surface area contributed by atoms with Crippen LogP contribution in [0.3, 0.4) is 0 Å². The van der Waals surface area contributed by atoms with Crippen molar-refractivity contribution in [3.05, 3.63) is 69.8 Å². The summed E-state index contributed by atoms with van der Waals surface area (Å²) in [5.41, 5.74) is 5.99. The Hall–Kier alpha value is -2.62. The van der Waals surface area contributed by atoms with Crippen LogP contribution in [-0.2, 0) is 33.1 Å². The molecule has 0 saturated heterocycles. The summed E-state index contributed by atoms with van der Waals surface area (Å²) < 4.78 is 9.66. The number of ether oxygens (including phenoxy) is 2. The summed E-state index contributed by atoms with van der Waals surface area (Å²) in [7, 11) is 2.68. The van der Waals surface area contributed by atoms with E-state index in [9.17, 15) is 9.59 Å². The minimum atomic E-state index is -0.453. The first-order valence-electron chi connectivity index (χ1n) is 11.3. The van der Waals surface area contributed by atoms with Crippen LogP contribution >= 0.6 is 0 Å². The van der Waals surface area contributed by atoms with E-state index in [-0.39, 0.29) is 10.8 Å². The molecular formula is C28H38O4. The highest BCUT2D eigenvalue weighted by Gasteiger charge is 2.20. The third kappa shape index (κ3) is 6.94. The minimum Gasteiger partial charge on any atom is -0.465 e. The van der Waals surface area contributed by atoms with Gasteiger partial charge in [-0.2, -0.15) is 0 Å². The molecule has 2 aromatic carbocycles. The van der Waals surface area contributed by atoms with Crippen molar-refractivity contribution >= 4 is 11.9 Å². The fourth-order valence-electron chi connectivity index (χ4n) is 3.67. The van der Waals surface area contributed by atoms with Crippen molar-refractivity contribution in [3.8, 4) is 0 Å². The van der Waals surface area contributed by atoms with Crippen molar-refractivity contribution in [3.63, 3.8) is 0 Å². The van der Waals surface area contributed by atoms with Crippen molar-refractivity contribution in [1.29, 1.82) is 0 Å². The van der Waals surface area contributed by atoms with Crippen LogP contribution in [0.4, 0.5) is 0 Å². The fraction of sp³-hybridized carbons (Fsp3) is 0.500. The molecule has 0 aliphatic rings. The predicted molar refractivity (Wildman–Crippen MR) is 130 cm³/mol. The van der Waals surface area contributed by atoms with Crippen LogP contribution in [0.2, 0.25) is 0 Å². The van der Waals surface area contributed by atoms with Gasteiger partial charge in [0.25, 0.3) is 0 Å². The Labute approximate surface area is 193 Å². The molecule has 174 valence electrons. The van der Waals surface area contributed by atoms with Crippen LogP contribution in [0.15, 0.2) is 36.4 Å². The molecule has 0 N–H and O–H groups in total. The quantitative estimate of drug-likeness (QED) is 0.370. The normalized spacial score (nSPS) is 11.9. The van der Waals surface area contributed by atoms with Gasteiger partial charge in [0.2, 0.25) is 0 Å². The molecule has 0 unspecified atom stereocenters. The Morgan fingerprint density at radius 2 is 1.00 bits per heavy atom. The summed E-state index contributed by atoms with van der Waals surface area (Å²) in [5, 5.41) is 0. The zero-order valence-electron chi connectivity index (χ0n) is 20.9. The summed E-state index contributed by atoms with van der Waals surface area (Å²) in [6.07, 6.45) is 3.75. The zero-order valence-corrected chi connectivity index (χ0v) is 20.9. The van der Waals surface area contributed by atoms with Crippen molar-refractivity contribution in [2.75, 3.05) is 14.2 Å². The Kier molecular flexibility index (Phi) is 8.28. The van der Waals surface area contributed by atoms with Gasteiger partial charge in [-0.25, -0.2) is 9.59 Å². The molecule has 2 rings (SSSR count). The molecule has 0 bridgehead atoms. The number of carbonyl (C=O) groups excluding carboxylic acids is 2. The molecule has 0 spiro atoms. The number of carbonyl (C=O) groups is 2. The SMILES string of the molecule is COC(=O)c1cc(CCCCc2cc(C(C)(C)C)cc(C(C)(C)C)c2)cc(C(=O)OC)c1. The molecule has 0 atom stereocenters. The van der Waals surface area contributed by atoms with E-state index in [4.69, 9.17) is 9.47 Å². The van der Waals surface area contributed by atoms with E-state index in [1.54, 1.807) is 12.1 Å². The van der Waals surface area contributed by atoms with Crippen LogP contribution in [-0.4, -0.2) is 26.2 Å². The lowest BCUT2D eigenvalue weighted by molar-refractivity contribution is 0.0599. The monoisotopic (exact) mass is 438 g/mol. The van der Waals surface area contributed by atoms with Gasteiger partial charge in [-0.15, -0.1) is 0 Å². The number of benzene rings is 2. The van der Waals surface area contributed by atoms with Crippen molar-refractivity contribution in [1.82, 2.24) is 0 Å². The molecule has 0 fully saturated rings. The van der Waals surface area contributed by atoms with Crippen molar-refractivity contribution < 1.29 is 19.1 Å². The molecule has 2 aromatic rings. The largest absolute Gasteiger partial charge is 0.465 e. The van der Waals surface area contributed by atoms with Gasteiger partial charge in [0.05, 0.1) is 25.3 Å². The van der Waals surface area contributed by atoms with E-state index >= 15 is 0 Å². The van der Waals surface area contributed by atoms with Crippen LogP contribution in [0, 0.1) is 0 Å². The third-order valence-corrected chi connectivity index (χ3v) is 5.74. The van der Waals surface area contributed by atoms with E-state index in [0.717, 1.165) is 31.2 Å². The van der Waals surface area contributed by atoms with Crippen LogP contribution in [0.25, 0.3) is 0 Å². The van der Waals surface area contributed by atoms with Gasteiger partial charge >= 0.3 is 11.9 Å². The molecule has 0 saturated carbocycles. The highest BCUT2D eigenvalue weighted by atomic mass is 16.5. The summed E-state index contributed by atoms with van der Waals surface area (Å²) in [4.78, 5) is 24.0. The second-order valence-corrected chi connectivity index (χ2v) is 10.5. The van der Waals surface area contributed by atoms with Crippen LogP contribution in [0.5, 0.6) is 0 Å². The van der Waals surface area contributed by atoms with E-state index in [1.165, 1.54) is 37.0 Å². The molecule has 0 amide bonds. The Morgan fingerprint density at radius 3 is 1.34 bits per heavy atom. The van der Waals surface area contributed by atoms with E-state index in [1.807, 2.05) is 0 Å². The maximum absolute atomic E-state index is 12.0. The second kappa shape index (κ2) is 10.3. The lowest BCUT2D eigenvalue weighted by atomic mass is 9.79. The number of hydrogen-bond acceptors (Lipinski definition) is 4. The lowest BCUT2D eigenvalue weighted by Gasteiger charge is -2.26. The number of rotatable bonds is 7. The van der Waals surface area contributed by atoms with Gasteiger partial charge in [0.15, 0.2) is 0 Å². The maximum Gasteiger partial charge on any atom is 0.337 e. The zero-order chi connectivity index (χ0) is 24.1. The van der Waals surface area contributed by atoms with Gasteiger partial charge in [0, 0.05) is 0 Å². The third-order valence-electron chi connectivity index (χ3n) is 5.74. The first kappa shape index (κ1) is 25.6. The standard InChI is InChI=1S/C28H38O4/c1-27(2,3)23-15-20(16-24(18-23)28(4,5)6)12-10-9-11-19-13-21(25(29)31-7)17-22(14-19)26(30)32-8/h13-18H,9-12H2,1-8H3. The van der Waals surface area contributed by atoms with E-state index in [0.29, 0.717) is 11.1 Å². The Bertz CT molecular complexity index is 892. The number of hydrogen-bond donors (Lipinski definition) is 0. The maximum atomic E-state index is 12.0. The van der Waals surface area contributed by atoms with Crippen LogP contribution < -0.4 is 0 Å². The average molecular weight is 439 g/mol. The van der Waals surface area contributed by atoms with Gasteiger partial charge in [-0.05, 0) is 77.0 Å². The highest BCUT2D eigenvalue weighted by Crippen LogP contribution is 2.31. The molecular weight excluding hydrogens is 400 g/mol. The first-order chi connectivity index (χ1) is 14.8. The van der Waals surface area contributed by atoms with Crippen molar-refractivity contribution in [2.45, 2.75) is 78.1 Å². The number of esters is 2. The Balaban J connectivity index is 2.15. The molecule has 32 heavy (non-hydrogen) atoms. The molecule has 0 radical (unpaired) electrons. The van der Waals surface area contributed by atoms with Crippen LogP contribution in [0.1, 0.15) is 97.4 Å². The van der Waals surface area contributed by atoms with Gasteiger partial charge in [-0.1, -0.05) is 59.7 Å². The second-order valence-electron chi connectivity index (χ2n) is 10.5. The van der Waals surface area contributed by atoms with E-state index in [2.05, 4.69) is 59.7 Å². The number of aryl methyl sites for hydroxylation is 2.